The van der Waals surface area contributed by atoms with E-state index in [1.165, 1.54) is 0 Å². The van der Waals surface area contributed by atoms with Gasteiger partial charge < -0.3 is 14.7 Å². The lowest BCUT2D eigenvalue weighted by Crippen LogP contribution is -2.40. The molecule has 0 unspecified atom stereocenters. The molecule has 2 aliphatic rings. The summed E-state index contributed by atoms with van der Waals surface area (Å²) >= 11 is 0. The number of Topliss-reactive ketones (excluding diaryl/α,β-unsaturated/α-hetero) is 1. The van der Waals surface area contributed by atoms with Gasteiger partial charge in [-0.1, -0.05) is 5.16 Å². The highest BCUT2D eigenvalue weighted by Crippen LogP contribution is 2.41. The molecule has 0 radical (unpaired) electrons. The quantitative estimate of drug-likeness (QED) is 0.666. The second-order valence-corrected chi connectivity index (χ2v) is 3.98. The van der Waals surface area contributed by atoms with Gasteiger partial charge in [-0.15, -0.1) is 0 Å². The minimum absolute atomic E-state index is 0.0317. The van der Waals surface area contributed by atoms with E-state index in [4.69, 9.17) is 9.57 Å². The number of carbonyl (C=O) groups excluding carboxylic acids is 2. The number of hydrogen-bond acceptors (Lipinski definition) is 6. The van der Waals surface area contributed by atoms with Crippen LogP contribution in [0.25, 0.3) is 0 Å². The fourth-order valence-electron chi connectivity index (χ4n) is 2.17. The summed E-state index contributed by atoms with van der Waals surface area (Å²) in [6.45, 7) is 1.60. The number of aliphatic hydroxyl groups excluding tert-OH is 1. The molecule has 0 amide bonds. The third-order valence-corrected chi connectivity index (χ3v) is 2.97. The molecule has 1 fully saturated rings. The molecule has 1 saturated carbocycles. The van der Waals surface area contributed by atoms with E-state index >= 15 is 0 Å². The van der Waals surface area contributed by atoms with Crippen molar-refractivity contribution < 1.29 is 24.3 Å². The zero-order valence-electron chi connectivity index (χ0n) is 8.93. The predicted octanol–water partition coefficient (Wildman–Crippen LogP) is -0.354. The number of nitrogens with zero attached hydrogens (tertiary/aromatic N) is 1. The highest BCUT2D eigenvalue weighted by molar-refractivity contribution is 6.38. The highest BCUT2D eigenvalue weighted by Gasteiger charge is 2.57. The van der Waals surface area contributed by atoms with Gasteiger partial charge in [0.2, 0.25) is 0 Å². The summed E-state index contributed by atoms with van der Waals surface area (Å²) in [4.78, 5) is 28.0. The number of ketones is 1. The maximum Gasteiger partial charge on any atom is 0.356 e. The van der Waals surface area contributed by atoms with Crippen LogP contribution in [0.3, 0.4) is 0 Å². The number of oxime groups is 1. The molecule has 1 N–H and O–H groups in total. The van der Waals surface area contributed by atoms with Crippen LogP contribution in [0.15, 0.2) is 5.16 Å². The molecule has 0 aromatic heterocycles. The van der Waals surface area contributed by atoms with Crippen LogP contribution in [0.1, 0.15) is 19.8 Å². The molecule has 6 heteroatoms. The largest absolute Gasteiger partial charge is 0.461 e. The van der Waals surface area contributed by atoms with Crippen molar-refractivity contribution >= 4 is 17.5 Å². The first kappa shape index (κ1) is 11.1. The van der Waals surface area contributed by atoms with E-state index in [1.54, 1.807) is 6.92 Å². The second-order valence-electron chi connectivity index (χ2n) is 3.98. The van der Waals surface area contributed by atoms with Crippen molar-refractivity contribution in [1.29, 1.82) is 0 Å². The van der Waals surface area contributed by atoms with Crippen LogP contribution in [0.4, 0.5) is 0 Å². The normalized spacial score (nSPS) is 32.0. The van der Waals surface area contributed by atoms with Crippen LogP contribution in [0.5, 0.6) is 0 Å². The summed E-state index contributed by atoms with van der Waals surface area (Å²) in [6, 6.07) is 0. The van der Waals surface area contributed by atoms with Gasteiger partial charge in [-0.3, -0.25) is 4.79 Å². The third-order valence-electron chi connectivity index (χ3n) is 2.97. The lowest BCUT2D eigenvalue weighted by molar-refractivity contribution is -0.135. The van der Waals surface area contributed by atoms with Crippen LogP contribution < -0.4 is 0 Å². The maximum atomic E-state index is 11.5. The molecule has 1 aliphatic heterocycles. The van der Waals surface area contributed by atoms with E-state index in [-0.39, 0.29) is 37.6 Å². The first-order valence-electron chi connectivity index (χ1n) is 5.18. The Bertz CT molecular complexity index is 364. The zero-order valence-corrected chi connectivity index (χ0v) is 8.93. The van der Waals surface area contributed by atoms with Crippen molar-refractivity contribution in [3.63, 3.8) is 0 Å². The molecular weight excluding hydrogens is 214 g/mol. The van der Waals surface area contributed by atoms with E-state index < -0.39 is 17.5 Å². The molecule has 0 bridgehead atoms. The zero-order chi connectivity index (χ0) is 11.8. The van der Waals surface area contributed by atoms with Gasteiger partial charge in [0.05, 0.1) is 25.6 Å². The van der Waals surface area contributed by atoms with Crippen molar-refractivity contribution in [2.75, 3.05) is 13.2 Å². The Labute approximate surface area is 92.2 Å². The van der Waals surface area contributed by atoms with Crippen molar-refractivity contribution in [3.05, 3.63) is 0 Å². The Kier molecular flexibility index (Phi) is 2.67. The number of fused-ring (bicyclic) bond motifs is 1. The monoisotopic (exact) mass is 227 g/mol. The minimum atomic E-state index is -1.03. The van der Waals surface area contributed by atoms with Crippen molar-refractivity contribution in [1.82, 2.24) is 0 Å². The molecule has 2 rings (SSSR count). The number of rotatable bonds is 3. The first-order valence-corrected chi connectivity index (χ1v) is 5.18. The minimum Gasteiger partial charge on any atom is -0.461 e. The van der Waals surface area contributed by atoms with Crippen molar-refractivity contribution in [3.8, 4) is 0 Å². The van der Waals surface area contributed by atoms with Crippen LogP contribution in [-0.2, 0) is 19.2 Å². The number of esters is 1. The van der Waals surface area contributed by atoms with E-state index in [2.05, 4.69) is 5.16 Å². The van der Waals surface area contributed by atoms with Gasteiger partial charge in [-0.2, -0.15) is 0 Å². The van der Waals surface area contributed by atoms with Crippen LogP contribution >= 0.6 is 0 Å². The van der Waals surface area contributed by atoms with Gasteiger partial charge in [-0.25, -0.2) is 4.79 Å². The van der Waals surface area contributed by atoms with Gasteiger partial charge in [-0.05, 0) is 6.92 Å². The lowest BCUT2D eigenvalue weighted by atomic mass is 9.88. The Hall–Kier alpha value is -1.43. The molecular formula is C10H13NO5. The summed E-state index contributed by atoms with van der Waals surface area (Å²) < 4.78 is 4.82. The first-order chi connectivity index (χ1) is 7.63. The lowest BCUT2D eigenvalue weighted by Gasteiger charge is -2.22. The van der Waals surface area contributed by atoms with E-state index in [9.17, 15) is 14.7 Å². The van der Waals surface area contributed by atoms with Crippen LogP contribution in [-0.4, -0.2) is 41.4 Å². The molecule has 88 valence electrons. The molecule has 16 heavy (non-hydrogen) atoms. The summed E-state index contributed by atoms with van der Waals surface area (Å²) in [6.07, 6.45) is 0.277. The highest BCUT2D eigenvalue weighted by atomic mass is 16.7. The molecule has 0 saturated heterocycles. The summed E-state index contributed by atoms with van der Waals surface area (Å²) in [5, 5.41) is 12.9. The Morgan fingerprint density at radius 2 is 2.50 bits per heavy atom. The number of hydrogen-bond donors (Lipinski definition) is 1. The van der Waals surface area contributed by atoms with Gasteiger partial charge >= 0.3 is 5.97 Å². The molecule has 6 nitrogen and oxygen atoms in total. The molecule has 0 aromatic rings. The summed E-state index contributed by atoms with van der Waals surface area (Å²) in [5.41, 5.74) is -0.916. The molecule has 1 aliphatic carbocycles. The SMILES string of the molecule is CCOC(=O)C1=NO[C@]2(CO)CC(=O)C[C@H]12. The second kappa shape index (κ2) is 3.86. The number of ether oxygens (including phenoxy) is 1. The smallest absolute Gasteiger partial charge is 0.356 e. The third kappa shape index (κ3) is 1.49. The average Bonchev–Trinajstić information content (AvgIpc) is 2.72. The average molecular weight is 227 g/mol. The molecule has 0 spiro atoms. The fraction of sp³-hybridized carbons (Fsp3) is 0.700. The molecule has 0 aromatic carbocycles. The van der Waals surface area contributed by atoms with Gasteiger partial charge in [0.25, 0.3) is 0 Å². The summed E-state index contributed by atoms with van der Waals surface area (Å²) in [5.74, 6) is -1.07. The van der Waals surface area contributed by atoms with E-state index in [0.717, 1.165) is 0 Å². The van der Waals surface area contributed by atoms with Crippen LogP contribution in [0, 0.1) is 5.92 Å². The van der Waals surface area contributed by atoms with E-state index in [1.807, 2.05) is 0 Å². The van der Waals surface area contributed by atoms with E-state index in [0.29, 0.717) is 0 Å². The van der Waals surface area contributed by atoms with Crippen molar-refractivity contribution in [2.45, 2.75) is 25.4 Å². The Morgan fingerprint density at radius 3 is 3.12 bits per heavy atom. The Balaban J connectivity index is 2.20. The van der Waals surface area contributed by atoms with Gasteiger partial charge in [0.1, 0.15) is 5.78 Å². The van der Waals surface area contributed by atoms with Gasteiger partial charge in [0.15, 0.2) is 11.3 Å². The summed E-state index contributed by atoms with van der Waals surface area (Å²) in [7, 11) is 0. The van der Waals surface area contributed by atoms with Crippen LogP contribution in [0.2, 0.25) is 0 Å². The maximum absolute atomic E-state index is 11.5. The molecule has 2 atom stereocenters. The fourth-order valence-corrected chi connectivity index (χ4v) is 2.17. The Morgan fingerprint density at radius 1 is 1.75 bits per heavy atom. The van der Waals surface area contributed by atoms with Gasteiger partial charge in [0, 0.05) is 6.42 Å². The topological polar surface area (TPSA) is 85.2 Å². The predicted molar refractivity (Wildman–Crippen MR) is 52.7 cm³/mol. The number of carbonyl (C=O) groups is 2. The number of aliphatic hydroxyl groups is 1. The molecule has 1 heterocycles. The standard InChI is InChI=1S/C10H13NO5/c1-2-15-9(14)8-7-3-6(13)4-10(7,5-12)16-11-8/h7,12H,2-5H2,1H3/t7-,10+/m1/s1. The van der Waals surface area contributed by atoms with Crippen molar-refractivity contribution in [2.24, 2.45) is 11.1 Å².